The molecule has 2 rings (SSSR count). The summed E-state index contributed by atoms with van der Waals surface area (Å²) in [7, 11) is 1.66. The third kappa shape index (κ3) is 3.87. The van der Waals surface area contributed by atoms with E-state index in [4.69, 9.17) is 21.1 Å². The van der Waals surface area contributed by atoms with Gasteiger partial charge in [0, 0.05) is 11.6 Å². The van der Waals surface area contributed by atoms with Gasteiger partial charge in [-0.2, -0.15) is 0 Å². The zero-order valence-corrected chi connectivity index (χ0v) is 12.3. The molecule has 20 heavy (non-hydrogen) atoms. The van der Waals surface area contributed by atoms with Crippen LogP contribution in [0.4, 0.5) is 4.79 Å². The fourth-order valence-corrected chi connectivity index (χ4v) is 2.29. The molecule has 1 atom stereocenters. The molecular formula is C16H17ClO3. The summed E-state index contributed by atoms with van der Waals surface area (Å²) < 4.78 is 10.1. The van der Waals surface area contributed by atoms with Crippen LogP contribution in [0.1, 0.15) is 18.9 Å². The number of rotatable bonds is 5. The maximum atomic E-state index is 10.6. The second kappa shape index (κ2) is 6.62. The van der Waals surface area contributed by atoms with E-state index < -0.39 is 5.43 Å². The molecule has 0 saturated heterocycles. The van der Waals surface area contributed by atoms with Crippen molar-refractivity contribution in [1.29, 1.82) is 0 Å². The molecule has 0 spiro atoms. The number of aryl methyl sites for hydroxylation is 1. The van der Waals surface area contributed by atoms with Crippen LogP contribution in [0, 0.1) is 0 Å². The molecule has 0 saturated carbocycles. The fraction of sp³-hybridized carbons (Fsp3) is 0.312. The molecule has 0 radical (unpaired) electrons. The van der Waals surface area contributed by atoms with E-state index in [1.54, 1.807) is 7.11 Å². The van der Waals surface area contributed by atoms with Crippen molar-refractivity contribution in [1.82, 2.24) is 0 Å². The highest BCUT2D eigenvalue weighted by molar-refractivity contribution is 6.61. The number of methoxy groups -OCH3 is 1. The van der Waals surface area contributed by atoms with E-state index in [1.807, 2.05) is 25.1 Å². The Hall–Kier alpha value is -1.74. The van der Waals surface area contributed by atoms with Crippen molar-refractivity contribution < 1.29 is 14.3 Å². The van der Waals surface area contributed by atoms with E-state index in [9.17, 15) is 4.79 Å². The minimum absolute atomic E-state index is 0.174. The van der Waals surface area contributed by atoms with Gasteiger partial charge in [-0.3, -0.25) is 0 Å². The summed E-state index contributed by atoms with van der Waals surface area (Å²) in [5.74, 6) is 0.855. The van der Waals surface area contributed by atoms with Crippen molar-refractivity contribution in [3.05, 3.63) is 42.0 Å². The SMILES string of the molecule is COc1ccc2cc(CC[C@H](C)OC(=O)Cl)ccc2c1. The van der Waals surface area contributed by atoms with Crippen LogP contribution < -0.4 is 4.74 Å². The Kier molecular flexibility index (Phi) is 4.85. The Morgan fingerprint density at radius 1 is 1.20 bits per heavy atom. The zero-order valence-electron chi connectivity index (χ0n) is 11.6. The molecule has 0 aliphatic heterocycles. The summed E-state index contributed by atoms with van der Waals surface area (Å²) in [4.78, 5) is 10.6. The Morgan fingerprint density at radius 3 is 2.60 bits per heavy atom. The molecule has 0 fully saturated rings. The van der Waals surface area contributed by atoms with Gasteiger partial charge in [0.1, 0.15) is 11.9 Å². The first kappa shape index (κ1) is 14.7. The molecule has 0 bridgehead atoms. The number of hydrogen-bond donors (Lipinski definition) is 0. The Bertz CT molecular complexity index is 610. The topological polar surface area (TPSA) is 35.5 Å². The molecule has 3 nitrogen and oxygen atoms in total. The predicted molar refractivity (Wildman–Crippen MR) is 80.6 cm³/mol. The van der Waals surface area contributed by atoms with Crippen LogP contribution in [0.5, 0.6) is 5.75 Å². The van der Waals surface area contributed by atoms with Gasteiger partial charge in [-0.1, -0.05) is 24.3 Å². The lowest BCUT2D eigenvalue weighted by molar-refractivity contribution is 0.126. The van der Waals surface area contributed by atoms with Gasteiger partial charge >= 0.3 is 5.43 Å². The van der Waals surface area contributed by atoms with Crippen molar-refractivity contribution in [3.8, 4) is 5.75 Å². The molecule has 0 heterocycles. The van der Waals surface area contributed by atoms with Gasteiger partial charge in [0.25, 0.3) is 0 Å². The molecule has 0 aromatic heterocycles. The fourth-order valence-electron chi connectivity index (χ4n) is 2.14. The van der Waals surface area contributed by atoms with Crippen LogP contribution in [0.3, 0.4) is 0 Å². The van der Waals surface area contributed by atoms with Crippen LogP contribution in [-0.4, -0.2) is 18.6 Å². The smallest absolute Gasteiger partial charge is 0.404 e. The lowest BCUT2D eigenvalue weighted by Crippen LogP contribution is -2.10. The maximum Gasteiger partial charge on any atom is 0.404 e. The molecule has 0 amide bonds. The lowest BCUT2D eigenvalue weighted by atomic mass is 10.0. The van der Waals surface area contributed by atoms with Gasteiger partial charge in [-0.25, -0.2) is 4.79 Å². The van der Waals surface area contributed by atoms with Crippen LogP contribution >= 0.6 is 11.6 Å². The van der Waals surface area contributed by atoms with Crippen molar-refractivity contribution >= 4 is 27.8 Å². The molecular weight excluding hydrogens is 276 g/mol. The largest absolute Gasteiger partial charge is 0.497 e. The maximum absolute atomic E-state index is 10.6. The van der Waals surface area contributed by atoms with E-state index in [1.165, 1.54) is 10.9 Å². The van der Waals surface area contributed by atoms with Gasteiger partial charge in [0.15, 0.2) is 0 Å². The average molecular weight is 293 g/mol. The number of ether oxygens (including phenoxy) is 2. The molecule has 2 aromatic rings. The van der Waals surface area contributed by atoms with E-state index in [2.05, 4.69) is 18.2 Å². The molecule has 0 unspecified atom stereocenters. The molecule has 106 valence electrons. The number of carbonyl (C=O) groups excluding carboxylic acids is 1. The standard InChI is InChI=1S/C16H17ClO3/c1-11(20-16(17)18)3-4-12-5-6-14-10-15(19-2)8-7-13(14)9-12/h5-11H,3-4H2,1-2H3/t11-/m0/s1. The monoisotopic (exact) mass is 292 g/mol. The predicted octanol–water partition coefficient (Wildman–Crippen LogP) is 4.54. The third-order valence-corrected chi connectivity index (χ3v) is 3.33. The second-order valence-electron chi connectivity index (χ2n) is 4.75. The van der Waals surface area contributed by atoms with Gasteiger partial charge in [-0.15, -0.1) is 0 Å². The van der Waals surface area contributed by atoms with Gasteiger partial charge in [0.05, 0.1) is 7.11 Å². The highest BCUT2D eigenvalue weighted by Crippen LogP contribution is 2.22. The first-order valence-electron chi connectivity index (χ1n) is 6.51. The van der Waals surface area contributed by atoms with Crippen molar-refractivity contribution in [3.63, 3.8) is 0 Å². The lowest BCUT2D eigenvalue weighted by Gasteiger charge is -2.11. The minimum atomic E-state index is -0.747. The molecule has 0 aliphatic carbocycles. The Labute approximate surface area is 123 Å². The van der Waals surface area contributed by atoms with Gasteiger partial charge in [-0.05, 0) is 48.2 Å². The summed E-state index contributed by atoms with van der Waals surface area (Å²) in [6.07, 6.45) is 1.42. The molecule has 2 aromatic carbocycles. The number of benzene rings is 2. The molecule has 4 heteroatoms. The van der Waals surface area contributed by atoms with E-state index in [0.29, 0.717) is 0 Å². The summed E-state index contributed by atoms with van der Waals surface area (Å²) >= 11 is 5.19. The highest BCUT2D eigenvalue weighted by Gasteiger charge is 2.07. The second-order valence-corrected chi connectivity index (χ2v) is 5.06. The van der Waals surface area contributed by atoms with Crippen LogP contribution in [0.2, 0.25) is 0 Å². The summed E-state index contributed by atoms with van der Waals surface area (Å²) in [6, 6.07) is 12.3. The number of hydrogen-bond acceptors (Lipinski definition) is 3. The summed E-state index contributed by atoms with van der Waals surface area (Å²) in [6.45, 7) is 1.84. The zero-order chi connectivity index (χ0) is 14.5. The van der Waals surface area contributed by atoms with E-state index >= 15 is 0 Å². The van der Waals surface area contributed by atoms with Gasteiger partial charge in [0.2, 0.25) is 0 Å². The summed E-state index contributed by atoms with van der Waals surface area (Å²) in [5.41, 5.74) is 0.461. The quantitative estimate of drug-likeness (QED) is 0.759. The third-order valence-electron chi connectivity index (χ3n) is 3.25. The van der Waals surface area contributed by atoms with Gasteiger partial charge < -0.3 is 9.47 Å². The first-order valence-corrected chi connectivity index (χ1v) is 6.89. The average Bonchev–Trinajstić information content (AvgIpc) is 2.43. The number of halogens is 1. The van der Waals surface area contributed by atoms with Crippen molar-refractivity contribution in [2.75, 3.05) is 7.11 Å². The van der Waals surface area contributed by atoms with Crippen molar-refractivity contribution in [2.24, 2.45) is 0 Å². The van der Waals surface area contributed by atoms with Crippen LogP contribution in [-0.2, 0) is 11.2 Å². The highest BCUT2D eigenvalue weighted by atomic mass is 35.5. The van der Waals surface area contributed by atoms with E-state index in [0.717, 1.165) is 24.0 Å². The Morgan fingerprint density at radius 2 is 1.90 bits per heavy atom. The minimum Gasteiger partial charge on any atom is -0.497 e. The number of fused-ring (bicyclic) bond motifs is 1. The molecule has 0 N–H and O–H groups in total. The van der Waals surface area contributed by atoms with Crippen LogP contribution in [0.15, 0.2) is 36.4 Å². The van der Waals surface area contributed by atoms with Crippen molar-refractivity contribution in [2.45, 2.75) is 25.9 Å². The molecule has 0 aliphatic rings. The summed E-state index contributed by atoms with van der Waals surface area (Å²) in [5, 5.41) is 2.32. The van der Waals surface area contributed by atoms with E-state index in [-0.39, 0.29) is 6.10 Å². The number of carbonyl (C=O) groups is 1. The first-order chi connectivity index (χ1) is 9.58. The normalized spacial score (nSPS) is 12.2. The van der Waals surface area contributed by atoms with Crippen LogP contribution in [0.25, 0.3) is 10.8 Å². The Balaban J connectivity index is 2.06.